The van der Waals surface area contributed by atoms with E-state index in [9.17, 15) is 26.4 Å². The molecule has 2 rings (SSSR count). The molecule has 1 aromatic heterocycles. The van der Waals surface area contributed by atoms with Crippen molar-refractivity contribution in [3.8, 4) is 0 Å². The van der Waals surface area contributed by atoms with E-state index in [-0.39, 0.29) is 18.8 Å². The molecule has 1 aromatic rings. The number of halogens is 3. The Balaban J connectivity index is 2.21. The first-order chi connectivity index (χ1) is 9.25. The van der Waals surface area contributed by atoms with Crippen molar-refractivity contribution >= 4 is 16.3 Å². The number of aldehydes is 1. The first-order valence-corrected chi connectivity index (χ1v) is 7.00. The molecule has 0 bridgehead atoms. The molecule has 0 fully saturated rings. The van der Waals surface area contributed by atoms with E-state index in [4.69, 9.17) is 4.42 Å². The lowest BCUT2D eigenvalue weighted by molar-refractivity contribution is -0.0953. The zero-order chi connectivity index (χ0) is 15.0. The molecule has 0 saturated heterocycles. The molecule has 0 unspecified atom stereocenters. The van der Waals surface area contributed by atoms with Gasteiger partial charge in [-0.3, -0.25) is 4.79 Å². The number of sulfonamides is 1. The van der Waals surface area contributed by atoms with Crippen LogP contribution in [-0.2, 0) is 10.0 Å². The highest BCUT2D eigenvalue weighted by molar-refractivity contribution is 7.89. The van der Waals surface area contributed by atoms with Gasteiger partial charge in [-0.15, -0.1) is 0 Å². The Labute approximate surface area is 112 Å². The summed E-state index contributed by atoms with van der Waals surface area (Å²) in [6.45, 7) is -0.668. The smallest absolute Gasteiger partial charge is 0.412 e. The molecule has 0 spiro atoms. The molecule has 0 N–H and O–H groups in total. The van der Waals surface area contributed by atoms with Gasteiger partial charge in [0.2, 0.25) is 5.09 Å². The lowest BCUT2D eigenvalue weighted by atomic mass is 10.1. The highest BCUT2D eigenvalue weighted by Crippen LogP contribution is 2.31. The zero-order valence-corrected chi connectivity index (χ0v) is 10.9. The summed E-state index contributed by atoms with van der Waals surface area (Å²) in [6, 6.07) is 2.28. The molecule has 0 radical (unpaired) electrons. The third kappa shape index (κ3) is 2.78. The summed E-state index contributed by atoms with van der Waals surface area (Å²) in [5, 5.41) is -0.455. The predicted octanol–water partition coefficient (Wildman–Crippen LogP) is 1.98. The summed E-state index contributed by atoms with van der Waals surface area (Å²) in [5.41, 5.74) is -0.739. The molecule has 20 heavy (non-hydrogen) atoms. The molecular formula is C11H10F3NO4S. The van der Waals surface area contributed by atoms with Gasteiger partial charge in [-0.1, -0.05) is 6.08 Å². The van der Waals surface area contributed by atoms with E-state index in [0.29, 0.717) is 6.29 Å². The van der Waals surface area contributed by atoms with Crippen molar-refractivity contribution in [1.82, 2.24) is 4.31 Å². The minimum Gasteiger partial charge on any atom is -0.440 e. The topological polar surface area (TPSA) is 67.6 Å². The normalized spacial score (nSPS) is 17.9. The van der Waals surface area contributed by atoms with E-state index < -0.39 is 33.3 Å². The summed E-state index contributed by atoms with van der Waals surface area (Å²) >= 11 is 0. The fourth-order valence-electron chi connectivity index (χ4n) is 1.79. The zero-order valence-electron chi connectivity index (χ0n) is 10.1. The first kappa shape index (κ1) is 14.8. The van der Waals surface area contributed by atoms with Gasteiger partial charge in [-0.2, -0.15) is 17.5 Å². The second-order valence-corrected chi connectivity index (χ2v) is 5.98. The Hall–Kier alpha value is -1.61. The Morgan fingerprint density at radius 1 is 1.30 bits per heavy atom. The summed E-state index contributed by atoms with van der Waals surface area (Å²) in [6.07, 6.45) is -3.67. The van der Waals surface area contributed by atoms with Crippen molar-refractivity contribution in [1.29, 1.82) is 0 Å². The van der Waals surface area contributed by atoms with Crippen LogP contribution in [0.2, 0.25) is 0 Å². The summed E-state index contributed by atoms with van der Waals surface area (Å²) < 4.78 is 67.2. The van der Waals surface area contributed by atoms with Crippen molar-refractivity contribution in [3.63, 3.8) is 0 Å². The van der Waals surface area contributed by atoms with Gasteiger partial charge in [-0.05, 0) is 18.6 Å². The van der Waals surface area contributed by atoms with Crippen molar-refractivity contribution < 1.29 is 30.8 Å². The summed E-state index contributed by atoms with van der Waals surface area (Å²) in [5.74, 6) is -0.160. The van der Waals surface area contributed by atoms with Gasteiger partial charge < -0.3 is 4.42 Å². The van der Waals surface area contributed by atoms with Gasteiger partial charge in [0.1, 0.15) is 0 Å². The lowest BCUT2D eigenvalue weighted by Gasteiger charge is -2.25. The van der Waals surface area contributed by atoms with Crippen LogP contribution in [0.1, 0.15) is 17.0 Å². The maximum Gasteiger partial charge on any atom is 0.412 e. The molecule has 1 aliphatic heterocycles. The third-order valence-corrected chi connectivity index (χ3v) is 4.59. The van der Waals surface area contributed by atoms with Gasteiger partial charge in [0.05, 0.1) is 0 Å². The average Bonchev–Trinajstić information content (AvgIpc) is 2.87. The second kappa shape index (κ2) is 5.06. The fourth-order valence-corrected chi connectivity index (χ4v) is 3.09. The number of furan rings is 1. The van der Waals surface area contributed by atoms with Crippen molar-refractivity contribution in [3.05, 3.63) is 29.5 Å². The molecule has 0 aliphatic carbocycles. The van der Waals surface area contributed by atoms with Crippen molar-refractivity contribution in [2.75, 3.05) is 13.1 Å². The first-order valence-electron chi connectivity index (χ1n) is 5.56. The van der Waals surface area contributed by atoms with Crippen LogP contribution in [0.25, 0.3) is 0 Å². The van der Waals surface area contributed by atoms with Crippen LogP contribution in [0.4, 0.5) is 13.2 Å². The minimum atomic E-state index is -4.44. The molecule has 0 amide bonds. The maximum absolute atomic E-state index is 12.4. The molecule has 0 atom stereocenters. The number of carbonyl (C=O) groups is 1. The predicted molar refractivity (Wildman–Crippen MR) is 61.6 cm³/mol. The van der Waals surface area contributed by atoms with E-state index >= 15 is 0 Å². The van der Waals surface area contributed by atoms with E-state index in [1.165, 1.54) is 6.07 Å². The van der Waals surface area contributed by atoms with Crippen LogP contribution in [0.5, 0.6) is 0 Å². The summed E-state index contributed by atoms with van der Waals surface area (Å²) in [4.78, 5) is 10.4. The number of hydrogen-bond donors (Lipinski definition) is 0. The Morgan fingerprint density at radius 2 is 2.00 bits per heavy atom. The average molecular weight is 309 g/mol. The number of rotatable bonds is 3. The minimum absolute atomic E-state index is 0.160. The Morgan fingerprint density at radius 3 is 2.45 bits per heavy atom. The van der Waals surface area contributed by atoms with E-state index in [1.54, 1.807) is 0 Å². The van der Waals surface area contributed by atoms with Crippen LogP contribution in [0, 0.1) is 0 Å². The summed E-state index contributed by atoms with van der Waals surface area (Å²) in [7, 11) is -4.02. The van der Waals surface area contributed by atoms with Gasteiger partial charge in [-0.25, -0.2) is 8.42 Å². The highest BCUT2D eigenvalue weighted by atomic mass is 32.2. The highest BCUT2D eigenvalue weighted by Gasteiger charge is 2.37. The quantitative estimate of drug-likeness (QED) is 0.632. The lowest BCUT2D eigenvalue weighted by Crippen LogP contribution is -2.36. The fraction of sp³-hybridized carbons (Fsp3) is 0.364. The molecule has 1 aliphatic rings. The molecule has 0 aromatic carbocycles. The van der Waals surface area contributed by atoms with Crippen molar-refractivity contribution in [2.24, 2.45) is 0 Å². The van der Waals surface area contributed by atoms with E-state index in [0.717, 1.165) is 16.4 Å². The van der Waals surface area contributed by atoms with Crippen molar-refractivity contribution in [2.45, 2.75) is 17.7 Å². The Bertz CT molecular complexity index is 645. The van der Waals surface area contributed by atoms with E-state index in [2.05, 4.69) is 0 Å². The van der Waals surface area contributed by atoms with Crippen LogP contribution in [0.15, 0.2) is 33.3 Å². The van der Waals surface area contributed by atoms with E-state index in [1.807, 2.05) is 0 Å². The van der Waals surface area contributed by atoms with Gasteiger partial charge in [0.25, 0.3) is 10.0 Å². The number of hydrogen-bond acceptors (Lipinski definition) is 4. The number of carbonyl (C=O) groups excluding carboxylic acids is 1. The molecule has 2 heterocycles. The monoisotopic (exact) mass is 309 g/mol. The van der Waals surface area contributed by atoms with Crippen LogP contribution < -0.4 is 0 Å². The Kier molecular flexibility index (Phi) is 3.74. The van der Waals surface area contributed by atoms with Gasteiger partial charge in [0.15, 0.2) is 12.0 Å². The SMILES string of the molecule is O=Cc1ccc(S(=O)(=O)N2CC=C(C(F)(F)F)CC2)o1. The van der Waals surface area contributed by atoms with Crippen LogP contribution >= 0.6 is 0 Å². The molecule has 110 valence electrons. The molecule has 5 nitrogen and oxygen atoms in total. The van der Waals surface area contributed by atoms with Crippen LogP contribution in [-0.4, -0.2) is 38.3 Å². The number of alkyl halides is 3. The second-order valence-electron chi connectivity index (χ2n) is 4.11. The molecular weight excluding hydrogens is 299 g/mol. The standard InChI is InChI=1S/C11H10F3NO4S/c12-11(13,14)8-3-5-15(6-4-8)20(17,18)10-2-1-9(7-16)19-10/h1-3,7H,4-6H2. The largest absolute Gasteiger partial charge is 0.440 e. The van der Waals surface area contributed by atoms with Gasteiger partial charge in [0, 0.05) is 18.7 Å². The third-order valence-electron chi connectivity index (χ3n) is 2.85. The molecule has 9 heteroatoms. The molecule has 0 saturated carbocycles. The maximum atomic E-state index is 12.4. The van der Waals surface area contributed by atoms with Crippen LogP contribution in [0.3, 0.4) is 0 Å². The van der Waals surface area contributed by atoms with Gasteiger partial charge >= 0.3 is 6.18 Å². The number of nitrogens with zero attached hydrogens (tertiary/aromatic N) is 1.